The molecule has 0 radical (unpaired) electrons. The topological polar surface area (TPSA) is 49.8 Å². The maximum Gasteiger partial charge on any atom is 0.305 e. The Bertz CT molecular complexity index is 443. The molecule has 1 N–H and O–H groups in total. The van der Waals surface area contributed by atoms with Gasteiger partial charge in [-0.3, -0.25) is 9.69 Å². The minimum Gasteiger partial charge on any atom is -0.481 e. The van der Waals surface area contributed by atoms with Gasteiger partial charge < -0.3 is 9.84 Å². The molecule has 2 rings (SSSR count). The lowest BCUT2D eigenvalue weighted by Gasteiger charge is -2.43. The van der Waals surface area contributed by atoms with E-state index >= 15 is 0 Å². The van der Waals surface area contributed by atoms with Crippen LogP contribution in [-0.4, -0.2) is 42.3 Å². The van der Waals surface area contributed by atoms with E-state index in [1.807, 2.05) is 6.92 Å². The summed E-state index contributed by atoms with van der Waals surface area (Å²) in [7, 11) is 0. The van der Waals surface area contributed by atoms with Crippen molar-refractivity contribution in [3.8, 4) is 0 Å². The molecule has 1 atom stereocenters. The molecule has 1 aromatic rings. The first-order chi connectivity index (χ1) is 9.02. The Hall–Kier alpha value is -1.46. The van der Waals surface area contributed by atoms with Crippen LogP contribution < -0.4 is 0 Å². The minimum atomic E-state index is -0.863. The van der Waals surface area contributed by atoms with E-state index in [0.717, 1.165) is 5.56 Å². The number of hydrogen-bond donors (Lipinski definition) is 1. The fourth-order valence-corrected chi connectivity index (χ4v) is 2.56. The third-order valence-electron chi connectivity index (χ3n) is 3.67. The number of morpholine rings is 1. The van der Waals surface area contributed by atoms with E-state index in [1.54, 1.807) is 12.1 Å². The number of nitrogens with zero attached hydrogens (tertiary/aromatic N) is 1. The van der Waals surface area contributed by atoms with Gasteiger partial charge in [0.25, 0.3) is 0 Å². The summed E-state index contributed by atoms with van der Waals surface area (Å²) in [6.45, 7) is 4.44. The average Bonchev–Trinajstić information content (AvgIpc) is 2.39. The summed E-state index contributed by atoms with van der Waals surface area (Å²) in [5.74, 6) is -1.18. The number of rotatable bonds is 4. The first kappa shape index (κ1) is 14.0. The molecule has 4 nitrogen and oxygen atoms in total. The van der Waals surface area contributed by atoms with Gasteiger partial charge in [0.1, 0.15) is 5.82 Å². The van der Waals surface area contributed by atoms with Crippen molar-refractivity contribution in [2.75, 3.05) is 26.3 Å². The smallest absolute Gasteiger partial charge is 0.305 e. The van der Waals surface area contributed by atoms with Gasteiger partial charge in [0.15, 0.2) is 0 Å². The third-order valence-corrected chi connectivity index (χ3v) is 3.67. The Morgan fingerprint density at radius 3 is 2.47 bits per heavy atom. The molecule has 1 aromatic carbocycles. The number of benzene rings is 1. The van der Waals surface area contributed by atoms with Crippen LogP contribution in [0.15, 0.2) is 24.3 Å². The molecule has 0 aliphatic carbocycles. The number of carboxylic acids is 1. The molecule has 1 aliphatic rings. The van der Waals surface area contributed by atoms with Crippen molar-refractivity contribution in [2.24, 2.45) is 0 Å². The van der Waals surface area contributed by atoms with E-state index in [0.29, 0.717) is 26.3 Å². The summed E-state index contributed by atoms with van der Waals surface area (Å²) >= 11 is 0. The van der Waals surface area contributed by atoms with Crippen LogP contribution in [0.3, 0.4) is 0 Å². The summed E-state index contributed by atoms with van der Waals surface area (Å²) < 4.78 is 18.3. The molecule has 5 heteroatoms. The van der Waals surface area contributed by atoms with Crippen molar-refractivity contribution in [3.05, 3.63) is 35.6 Å². The number of ether oxygens (including phenoxy) is 1. The number of hydrogen-bond acceptors (Lipinski definition) is 3. The molecule has 1 fully saturated rings. The van der Waals surface area contributed by atoms with E-state index in [9.17, 15) is 9.18 Å². The molecule has 0 saturated carbocycles. The third kappa shape index (κ3) is 3.11. The second-order valence-electron chi connectivity index (χ2n) is 4.95. The van der Waals surface area contributed by atoms with Gasteiger partial charge in [0.05, 0.1) is 25.2 Å². The predicted octanol–water partition coefficient (Wildman–Crippen LogP) is 1.85. The minimum absolute atomic E-state index is 0.0152. The van der Waals surface area contributed by atoms with Crippen molar-refractivity contribution in [1.82, 2.24) is 4.90 Å². The molecule has 1 heterocycles. The van der Waals surface area contributed by atoms with E-state index < -0.39 is 11.5 Å². The number of halogens is 1. The molecular weight excluding hydrogens is 249 g/mol. The van der Waals surface area contributed by atoms with Gasteiger partial charge in [0.2, 0.25) is 0 Å². The van der Waals surface area contributed by atoms with Crippen molar-refractivity contribution >= 4 is 5.97 Å². The van der Waals surface area contributed by atoms with Gasteiger partial charge in [-0.1, -0.05) is 12.1 Å². The molecule has 1 aliphatic heterocycles. The van der Waals surface area contributed by atoms with Gasteiger partial charge >= 0.3 is 5.97 Å². The van der Waals surface area contributed by atoms with Crippen LogP contribution in [0.5, 0.6) is 0 Å². The maximum atomic E-state index is 13.0. The zero-order valence-corrected chi connectivity index (χ0v) is 10.9. The highest BCUT2D eigenvalue weighted by molar-refractivity contribution is 5.68. The average molecular weight is 267 g/mol. The van der Waals surface area contributed by atoms with Gasteiger partial charge in [-0.25, -0.2) is 4.39 Å². The molecule has 0 amide bonds. The van der Waals surface area contributed by atoms with Crippen LogP contribution in [0.2, 0.25) is 0 Å². The normalized spacial score (nSPS) is 19.9. The van der Waals surface area contributed by atoms with Crippen LogP contribution in [0.4, 0.5) is 4.39 Å². The van der Waals surface area contributed by atoms with Crippen LogP contribution >= 0.6 is 0 Å². The zero-order chi connectivity index (χ0) is 13.9. The number of carboxylic acid groups (broad SMARTS) is 1. The highest BCUT2D eigenvalue weighted by Crippen LogP contribution is 2.32. The first-order valence-electron chi connectivity index (χ1n) is 6.33. The highest BCUT2D eigenvalue weighted by Gasteiger charge is 2.36. The Balaban J connectivity index is 2.32. The largest absolute Gasteiger partial charge is 0.481 e. The monoisotopic (exact) mass is 267 g/mol. The molecule has 104 valence electrons. The Kier molecular flexibility index (Phi) is 4.17. The number of carbonyl (C=O) groups is 1. The van der Waals surface area contributed by atoms with E-state index in [1.165, 1.54) is 12.1 Å². The molecule has 0 bridgehead atoms. The molecule has 1 saturated heterocycles. The Labute approximate surface area is 111 Å². The van der Waals surface area contributed by atoms with Gasteiger partial charge in [0, 0.05) is 13.1 Å². The van der Waals surface area contributed by atoms with Crippen molar-refractivity contribution < 1.29 is 19.0 Å². The van der Waals surface area contributed by atoms with E-state index in [4.69, 9.17) is 9.84 Å². The Morgan fingerprint density at radius 1 is 1.37 bits per heavy atom. The van der Waals surface area contributed by atoms with Crippen molar-refractivity contribution in [1.29, 1.82) is 0 Å². The molecular formula is C14H18FNO3. The molecule has 0 aromatic heterocycles. The maximum absolute atomic E-state index is 13.0. The fraction of sp³-hybridized carbons (Fsp3) is 0.500. The summed E-state index contributed by atoms with van der Waals surface area (Å²) in [6.07, 6.45) is -0.0152. The lowest BCUT2D eigenvalue weighted by Crippen LogP contribution is -2.50. The lowest BCUT2D eigenvalue weighted by molar-refractivity contribution is -0.141. The highest BCUT2D eigenvalue weighted by atomic mass is 19.1. The van der Waals surface area contributed by atoms with Crippen LogP contribution in [0, 0.1) is 5.82 Å². The standard InChI is InChI=1S/C14H18FNO3/c1-14(10-13(17)18,16-6-8-19-9-7-16)11-2-4-12(15)5-3-11/h2-5H,6-10H2,1H3,(H,17,18). The fourth-order valence-electron chi connectivity index (χ4n) is 2.56. The summed E-state index contributed by atoms with van der Waals surface area (Å²) in [5.41, 5.74) is 0.182. The van der Waals surface area contributed by atoms with Crippen molar-refractivity contribution in [3.63, 3.8) is 0 Å². The van der Waals surface area contributed by atoms with E-state index in [2.05, 4.69) is 4.90 Å². The molecule has 0 spiro atoms. The zero-order valence-electron chi connectivity index (χ0n) is 10.9. The second-order valence-corrected chi connectivity index (χ2v) is 4.95. The van der Waals surface area contributed by atoms with E-state index in [-0.39, 0.29) is 12.2 Å². The summed E-state index contributed by atoms with van der Waals surface area (Å²) in [6, 6.07) is 6.06. The Morgan fingerprint density at radius 2 is 1.95 bits per heavy atom. The quantitative estimate of drug-likeness (QED) is 0.904. The van der Waals surface area contributed by atoms with Gasteiger partial charge in [-0.05, 0) is 24.6 Å². The number of aliphatic carboxylic acids is 1. The van der Waals surface area contributed by atoms with Gasteiger partial charge in [-0.15, -0.1) is 0 Å². The second kappa shape index (κ2) is 5.67. The lowest BCUT2D eigenvalue weighted by atomic mass is 9.86. The molecule has 1 unspecified atom stereocenters. The van der Waals surface area contributed by atoms with Crippen LogP contribution in [0.25, 0.3) is 0 Å². The summed E-state index contributed by atoms with van der Waals surface area (Å²) in [5, 5.41) is 9.16. The SMILES string of the molecule is CC(CC(=O)O)(c1ccc(F)cc1)N1CCOCC1. The van der Waals surface area contributed by atoms with Crippen LogP contribution in [-0.2, 0) is 15.1 Å². The van der Waals surface area contributed by atoms with Gasteiger partial charge in [-0.2, -0.15) is 0 Å². The molecule has 19 heavy (non-hydrogen) atoms. The van der Waals surface area contributed by atoms with Crippen molar-refractivity contribution in [2.45, 2.75) is 18.9 Å². The predicted molar refractivity (Wildman–Crippen MR) is 68.4 cm³/mol. The first-order valence-corrected chi connectivity index (χ1v) is 6.33. The summed E-state index contributed by atoms with van der Waals surface area (Å²) in [4.78, 5) is 13.3. The van der Waals surface area contributed by atoms with Crippen LogP contribution in [0.1, 0.15) is 18.9 Å².